The van der Waals surface area contributed by atoms with Crippen LogP contribution in [0.1, 0.15) is 104 Å². The van der Waals surface area contributed by atoms with Gasteiger partial charge >= 0.3 is 17.9 Å². The quantitative estimate of drug-likeness (QED) is 0.193. The van der Waals surface area contributed by atoms with Crippen molar-refractivity contribution in [3.05, 3.63) is 65.2 Å². The van der Waals surface area contributed by atoms with E-state index in [9.17, 15) is 14.4 Å². The van der Waals surface area contributed by atoms with E-state index in [0.29, 0.717) is 23.8 Å². The summed E-state index contributed by atoms with van der Waals surface area (Å²) in [5.41, 5.74) is 2.02. The van der Waals surface area contributed by atoms with E-state index in [0.717, 1.165) is 18.8 Å². The maximum atomic E-state index is 12.6. The van der Waals surface area contributed by atoms with Gasteiger partial charge in [0.2, 0.25) is 0 Å². The number of hydrogen-bond acceptors (Lipinski definition) is 6. The van der Waals surface area contributed by atoms with E-state index in [4.69, 9.17) is 14.2 Å². The fraction of sp³-hybridized carbons (Fsp3) is 0.500. The molecular formula is C30H38O6. The maximum absolute atomic E-state index is 12.6. The van der Waals surface area contributed by atoms with E-state index >= 15 is 0 Å². The normalized spacial score (nSPS) is 18.2. The van der Waals surface area contributed by atoms with Crippen molar-refractivity contribution >= 4 is 17.9 Å². The van der Waals surface area contributed by atoms with Gasteiger partial charge in [-0.15, -0.1) is 0 Å². The molecule has 3 rings (SSSR count). The Morgan fingerprint density at radius 3 is 2.06 bits per heavy atom. The highest BCUT2D eigenvalue weighted by Crippen LogP contribution is 2.37. The fourth-order valence-electron chi connectivity index (χ4n) is 4.62. The van der Waals surface area contributed by atoms with Crippen LogP contribution in [0.15, 0.2) is 48.5 Å². The first-order chi connectivity index (χ1) is 17.4. The highest BCUT2D eigenvalue weighted by atomic mass is 16.6. The summed E-state index contributed by atoms with van der Waals surface area (Å²) in [5.74, 6) is 0.0825. The lowest BCUT2D eigenvalue weighted by atomic mass is 9.77. The second-order valence-electron chi connectivity index (χ2n) is 9.61. The second-order valence-corrected chi connectivity index (χ2v) is 9.61. The van der Waals surface area contributed by atoms with Crippen LogP contribution in [0.25, 0.3) is 0 Å². The predicted octanol–water partition coefficient (Wildman–Crippen LogP) is 6.87. The van der Waals surface area contributed by atoms with Crippen LogP contribution in [0, 0.1) is 5.92 Å². The van der Waals surface area contributed by atoms with Gasteiger partial charge in [0.1, 0.15) is 5.75 Å². The van der Waals surface area contributed by atoms with Crippen LogP contribution >= 0.6 is 0 Å². The zero-order chi connectivity index (χ0) is 25.9. The Kier molecular flexibility index (Phi) is 10.5. The van der Waals surface area contributed by atoms with Crippen molar-refractivity contribution < 1.29 is 28.6 Å². The minimum absolute atomic E-state index is 0.251. The lowest BCUT2D eigenvalue weighted by molar-refractivity contribution is -0.153. The average Bonchev–Trinajstić information content (AvgIpc) is 2.90. The highest BCUT2D eigenvalue weighted by molar-refractivity contribution is 5.92. The number of rotatable bonds is 11. The maximum Gasteiger partial charge on any atom is 0.347 e. The lowest BCUT2D eigenvalue weighted by Gasteiger charge is -2.28. The third kappa shape index (κ3) is 7.94. The van der Waals surface area contributed by atoms with Crippen LogP contribution < -0.4 is 4.74 Å². The van der Waals surface area contributed by atoms with Crippen molar-refractivity contribution in [1.29, 1.82) is 0 Å². The molecule has 36 heavy (non-hydrogen) atoms. The first kappa shape index (κ1) is 27.4. The van der Waals surface area contributed by atoms with E-state index in [1.165, 1.54) is 75.3 Å². The third-order valence-electron chi connectivity index (χ3n) is 6.82. The monoisotopic (exact) mass is 494 g/mol. The summed E-state index contributed by atoms with van der Waals surface area (Å²) in [6, 6.07) is 13.8. The summed E-state index contributed by atoms with van der Waals surface area (Å²) >= 11 is 0. The Balaban J connectivity index is 1.49. The van der Waals surface area contributed by atoms with Crippen LogP contribution in [-0.2, 0) is 14.3 Å². The van der Waals surface area contributed by atoms with Crippen LogP contribution in [0.5, 0.6) is 5.75 Å². The zero-order valence-electron chi connectivity index (χ0n) is 21.7. The van der Waals surface area contributed by atoms with Gasteiger partial charge in [-0.25, -0.2) is 14.4 Å². The minimum Gasteiger partial charge on any atom is -0.463 e. The largest absolute Gasteiger partial charge is 0.463 e. The van der Waals surface area contributed by atoms with Crippen molar-refractivity contribution in [2.45, 2.75) is 84.2 Å². The molecule has 1 aliphatic carbocycles. The van der Waals surface area contributed by atoms with Gasteiger partial charge < -0.3 is 14.2 Å². The van der Waals surface area contributed by atoms with Gasteiger partial charge in [0, 0.05) is 0 Å². The summed E-state index contributed by atoms with van der Waals surface area (Å²) in [7, 11) is 0. The van der Waals surface area contributed by atoms with Crippen molar-refractivity contribution in [3.8, 4) is 5.75 Å². The first-order valence-electron chi connectivity index (χ1n) is 13.2. The van der Waals surface area contributed by atoms with Crippen molar-refractivity contribution in [1.82, 2.24) is 0 Å². The molecule has 0 unspecified atom stereocenters. The average molecular weight is 495 g/mol. The molecule has 0 N–H and O–H groups in total. The molecular weight excluding hydrogens is 456 g/mol. The molecule has 0 aromatic heterocycles. The summed E-state index contributed by atoms with van der Waals surface area (Å²) in [6.45, 7) is 6.03. The lowest BCUT2D eigenvalue weighted by Crippen LogP contribution is -2.26. The van der Waals surface area contributed by atoms with Crippen LogP contribution in [0.4, 0.5) is 0 Å². The molecule has 1 saturated carbocycles. The summed E-state index contributed by atoms with van der Waals surface area (Å²) in [6.07, 6.45) is 8.24. The minimum atomic E-state index is -0.999. The number of benzene rings is 2. The van der Waals surface area contributed by atoms with Crippen LogP contribution in [0.2, 0.25) is 0 Å². The highest BCUT2D eigenvalue weighted by Gasteiger charge is 2.23. The Hall–Kier alpha value is -3.15. The molecule has 194 valence electrons. The molecule has 2 aromatic carbocycles. The Bertz CT molecular complexity index is 987. The molecule has 0 amide bonds. The van der Waals surface area contributed by atoms with E-state index in [-0.39, 0.29) is 5.56 Å². The molecule has 2 aromatic rings. The summed E-state index contributed by atoms with van der Waals surface area (Å²) in [5, 5.41) is 0. The first-order valence-corrected chi connectivity index (χ1v) is 13.2. The van der Waals surface area contributed by atoms with Crippen molar-refractivity contribution in [3.63, 3.8) is 0 Å². The van der Waals surface area contributed by atoms with Crippen molar-refractivity contribution in [2.75, 3.05) is 6.61 Å². The van der Waals surface area contributed by atoms with Gasteiger partial charge in [-0.05, 0) is 92.8 Å². The SMILES string of the molecule is CCCCOC(=O)[C@@H](C)OC(=O)c1ccc(OC(=O)c2ccc(C3CCC(CCC)CC3)cc2)cc1. The molecule has 1 fully saturated rings. The fourth-order valence-corrected chi connectivity index (χ4v) is 4.62. The number of carbonyl (C=O) groups is 3. The van der Waals surface area contributed by atoms with Gasteiger partial charge in [-0.3, -0.25) is 0 Å². The van der Waals surface area contributed by atoms with Crippen molar-refractivity contribution in [2.24, 2.45) is 5.92 Å². The summed E-state index contributed by atoms with van der Waals surface area (Å²) in [4.78, 5) is 36.8. The second kappa shape index (κ2) is 13.8. The van der Waals surface area contributed by atoms with Gasteiger partial charge in [0.15, 0.2) is 6.10 Å². The molecule has 0 heterocycles. The Morgan fingerprint density at radius 1 is 0.833 bits per heavy atom. The predicted molar refractivity (Wildman–Crippen MR) is 138 cm³/mol. The molecule has 0 saturated heterocycles. The number of ether oxygens (including phenoxy) is 3. The molecule has 0 bridgehead atoms. The molecule has 0 radical (unpaired) electrons. The summed E-state index contributed by atoms with van der Waals surface area (Å²) < 4.78 is 15.7. The molecule has 1 aliphatic rings. The smallest absolute Gasteiger partial charge is 0.347 e. The molecule has 1 atom stereocenters. The van der Waals surface area contributed by atoms with Crippen LogP contribution in [0.3, 0.4) is 0 Å². The molecule has 6 nitrogen and oxygen atoms in total. The molecule has 0 aliphatic heterocycles. The van der Waals surface area contributed by atoms with Gasteiger partial charge in [-0.2, -0.15) is 0 Å². The zero-order valence-corrected chi connectivity index (χ0v) is 21.7. The number of hydrogen-bond donors (Lipinski definition) is 0. The third-order valence-corrected chi connectivity index (χ3v) is 6.82. The van der Waals surface area contributed by atoms with E-state index in [2.05, 4.69) is 6.92 Å². The van der Waals surface area contributed by atoms with E-state index in [1.807, 2.05) is 31.2 Å². The topological polar surface area (TPSA) is 78.9 Å². The molecule has 0 spiro atoms. The Morgan fingerprint density at radius 2 is 1.44 bits per heavy atom. The van der Waals surface area contributed by atoms with Gasteiger partial charge in [0.25, 0.3) is 0 Å². The number of carbonyl (C=O) groups excluding carboxylic acids is 3. The standard InChI is InChI=1S/C30H38O6/c1-4-6-20-34-28(31)21(3)35-29(32)26-16-18-27(19-17-26)36-30(33)25-14-12-24(13-15-25)23-10-8-22(7-5-2)9-11-23/h12-19,21-23H,4-11,20H2,1-3H3/t21-,22?,23?/m1/s1. The van der Waals surface area contributed by atoms with Gasteiger partial charge in [-0.1, -0.05) is 45.2 Å². The Labute approximate surface area is 214 Å². The number of unbranched alkanes of at least 4 members (excludes halogenated alkanes) is 1. The molecule has 6 heteroatoms. The number of esters is 3. The van der Waals surface area contributed by atoms with E-state index < -0.39 is 24.0 Å². The van der Waals surface area contributed by atoms with Crippen LogP contribution in [-0.4, -0.2) is 30.6 Å². The van der Waals surface area contributed by atoms with Gasteiger partial charge in [0.05, 0.1) is 17.7 Å². The van der Waals surface area contributed by atoms with E-state index in [1.54, 1.807) is 0 Å².